The molecule has 4 rings (SSSR count). The Kier molecular flexibility index (Phi) is 7.70. The Bertz CT molecular complexity index is 1330. The number of hydrogen-bond donors (Lipinski definition) is 3. The van der Waals surface area contributed by atoms with Crippen LogP contribution in [-0.4, -0.2) is 39.5 Å². The predicted octanol–water partition coefficient (Wildman–Crippen LogP) is 4.30. The Hall–Kier alpha value is -3.40. The molecule has 0 aromatic heterocycles. The number of para-hydroxylation sites is 1. The molecule has 8 nitrogen and oxygen atoms in total. The highest BCUT2D eigenvalue weighted by Crippen LogP contribution is 2.25. The zero-order valence-corrected chi connectivity index (χ0v) is 20.2. The summed E-state index contributed by atoms with van der Waals surface area (Å²) >= 11 is 6.30. The van der Waals surface area contributed by atoms with Gasteiger partial charge in [0.05, 0.1) is 38.5 Å². The number of carbonyl (C=O) groups is 2. The molecule has 0 spiro atoms. The van der Waals surface area contributed by atoms with Crippen LogP contribution in [0.5, 0.6) is 0 Å². The second kappa shape index (κ2) is 10.9. The maximum absolute atomic E-state index is 12.9. The lowest BCUT2D eigenvalue weighted by atomic mass is 10.1. The average Bonchev–Trinajstić information content (AvgIpc) is 3.37. The highest BCUT2D eigenvalue weighted by Gasteiger charge is 2.20. The fourth-order valence-electron chi connectivity index (χ4n) is 3.66. The fourth-order valence-corrected chi connectivity index (χ4v) is 5.00. The summed E-state index contributed by atoms with van der Waals surface area (Å²) in [5.74, 6) is -0.861. The standard InChI is InChI=1S/C25H24ClN3O5S/c26-22-15-17(29-35(32,33)19-8-2-1-3-9-19)12-13-20(22)25(31)28-23-11-5-4-10-21(23)24(30)27-16-18-7-6-14-34-18/h1-5,8-13,15,18,29H,6-7,14,16H2,(H,27,30)(H,28,31). The number of sulfonamides is 1. The van der Waals surface area contributed by atoms with Gasteiger partial charge in [-0.1, -0.05) is 41.9 Å². The summed E-state index contributed by atoms with van der Waals surface area (Å²) in [4.78, 5) is 25.7. The molecular formula is C25H24ClN3O5S. The van der Waals surface area contributed by atoms with Crippen LogP contribution in [-0.2, 0) is 14.8 Å². The lowest BCUT2D eigenvalue weighted by Crippen LogP contribution is -2.32. The fraction of sp³-hybridized carbons (Fsp3) is 0.200. The number of benzene rings is 3. The SMILES string of the molecule is O=C(Nc1ccccc1C(=O)NCC1CCCO1)c1ccc(NS(=O)(=O)c2ccccc2)cc1Cl. The van der Waals surface area contributed by atoms with E-state index >= 15 is 0 Å². The van der Waals surface area contributed by atoms with Crippen molar-refractivity contribution >= 4 is 44.8 Å². The maximum Gasteiger partial charge on any atom is 0.261 e. The van der Waals surface area contributed by atoms with E-state index in [1.54, 1.807) is 42.5 Å². The molecule has 0 saturated carbocycles. The molecule has 0 bridgehead atoms. The van der Waals surface area contributed by atoms with E-state index in [0.29, 0.717) is 24.4 Å². The Labute approximate surface area is 208 Å². The van der Waals surface area contributed by atoms with Crippen LogP contribution in [0, 0.1) is 0 Å². The molecule has 1 saturated heterocycles. The summed E-state index contributed by atoms with van der Waals surface area (Å²) in [6.07, 6.45) is 1.87. The molecule has 0 radical (unpaired) electrons. The van der Waals surface area contributed by atoms with Crippen molar-refractivity contribution in [1.82, 2.24) is 5.32 Å². The Morgan fingerprint density at radius 3 is 2.40 bits per heavy atom. The zero-order chi connectivity index (χ0) is 24.8. The Morgan fingerprint density at radius 2 is 1.69 bits per heavy atom. The molecular weight excluding hydrogens is 490 g/mol. The van der Waals surface area contributed by atoms with E-state index in [4.69, 9.17) is 16.3 Å². The molecule has 1 aliphatic rings. The molecule has 3 N–H and O–H groups in total. The predicted molar refractivity (Wildman–Crippen MR) is 134 cm³/mol. The molecule has 182 valence electrons. The minimum absolute atomic E-state index is 0.00246. The third-order valence-corrected chi connectivity index (χ3v) is 7.16. The minimum atomic E-state index is -3.80. The minimum Gasteiger partial charge on any atom is -0.376 e. The van der Waals surface area contributed by atoms with E-state index in [2.05, 4.69) is 15.4 Å². The van der Waals surface area contributed by atoms with Gasteiger partial charge in [-0.3, -0.25) is 14.3 Å². The van der Waals surface area contributed by atoms with E-state index < -0.39 is 15.9 Å². The molecule has 3 aromatic rings. The van der Waals surface area contributed by atoms with Crippen molar-refractivity contribution in [2.75, 3.05) is 23.2 Å². The van der Waals surface area contributed by atoms with E-state index in [1.165, 1.54) is 30.3 Å². The molecule has 3 aromatic carbocycles. The highest BCUT2D eigenvalue weighted by molar-refractivity contribution is 7.92. The van der Waals surface area contributed by atoms with Gasteiger partial charge in [-0.15, -0.1) is 0 Å². The van der Waals surface area contributed by atoms with Crippen LogP contribution in [0.1, 0.15) is 33.6 Å². The summed E-state index contributed by atoms with van der Waals surface area (Å²) in [6, 6.07) is 18.8. The van der Waals surface area contributed by atoms with Crippen LogP contribution in [0.2, 0.25) is 5.02 Å². The molecule has 0 aliphatic carbocycles. The first-order valence-electron chi connectivity index (χ1n) is 11.0. The van der Waals surface area contributed by atoms with Gasteiger partial charge in [0.2, 0.25) is 0 Å². The zero-order valence-electron chi connectivity index (χ0n) is 18.7. The normalized spacial score (nSPS) is 15.4. The first kappa shape index (κ1) is 24.7. The number of anilines is 2. The van der Waals surface area contributed by atoms with Crippen LogP contribution in [0.4, 0.5) is 11.4 Å². The summed E-state index contributed by atoms with van der Waals surface area (Å²) in [6.45, 7) is 1.09. The van der Waals surface area contributed by atoms with Gasteiger partial charge in [-0.25, -0.2) is 8.42 Å². The first-order valence-corrected chi connectivity index (χ1v) is 12.9. The number of halogens is 1. The number of hydrogen-bond acceptors (Lipinski definition) is 5. The average molecular weight is 514 g/mol. The van der Waals surface area contributed by atoms with Gasteiger partial charge in [-0.05, 0) is 55.3 Å². The van der Waals surface area contributed by atoms with Gasteiger partial charge in [0, 0.05) is 13.2 Å². The summed E-state index contributed by atoms with van der Waals surface area (Å²) < 4.78 is 33.0. The molecule has 10 heteroatoms. The highest BCUT2D eigenvalue weighted by atomic mass is 35.5. The third-order valence-electron chi connectivity index (χ3n) is 5.45. The van der Waals surface area contributed by atoms with Gasteiger partial charge < -0.3 is 15.4 Å². The van der Waals surface area contributed by atoms with Crippen LogP contribution in [0.15, 0.2) is 77.7 Å². The van der Waals surface area contributed by atoms with Crippen molar-refractivity contribution in [3.8, 4) is 0 Å². The monoisotopic (exact) mass is 513 g/mol. The van der Waals surface area contributed by atoms with Crippen molar-refractivity contribution < 1.29 is 22.7 Å². The molecule has 1 fully saturated rings. The third kappa shape index (κ3) is 6.19. The smallest absolute Gasteiger partial charge is 0.261 e. The summed E-state index contributed by atoms with van der Waals surface area (Å²) in [5.41, 5.74) is 0.975. The molecule has 35 heavy (non-hydrogen) atoms. The number of rotatable bonds is 8. The van der Waals surface area contributed by atoms with Crippen molar-refractivity contribution in [1.29, 1.82) is 0 Å². The van der Waals surface area contributed by atoms with Gasteiger partial charge in [0.15, 0.2) is 0 Å². The second-order valence-electron chi connectivity index (χ2n) is 7.96. The largest absolute Gasteiger partial charge is 0.376 e. The van der Waals surface area contributed by atoms with Crippen molar-refractivity contribution in [2.45, 2.75) is 23.8 Å². The number of nitrogens with one attached hydrogen (secondary N) is 3. The molecule has 1 atom stereocenters. The quantitative estimate of drug-likeness (QED) is 0.415. The topological polar surface area (TPSA) is 114 Å². The van der Waals surface area contributed by atoms with E-state index in [-0.39, 0.29) is 33.2 Å². The number of carbonyl (C=O) groups excluding carboxylic acids is 2. The first-order chi connectivity index (χ1) is 16.8. The van der Waals surface area contributed by atoms with Crippen LogP contribution >= 0.6 is 11.6 Å². The summed E-state index contributed by atoms with van der Waals surface area (Å²) in [5, 5.41) is 5.61. The Morgan fingerprint density at radius 1 is 0.943 bits per heavy atom. The number of amides is 2. The van der Waals surface area contributed by atoms with E-state index in [9.17, 15) is 18.0 Å². The van der Waals surface area contributed by atoms with Gasteiger partial charge in [0.1, 0.15) is 0 Å². The molecule has 1 heterocycles. The van der Waals surface area contributed by atoms with Crippen LogP contribution < -0.4 is 15.4 Å². The van der Waals surface area contributed by atoms with Gasteiger partial charge >= 0.3 is 0 Å². The van der Waals surface area contributed by atoms with E-state index in [1.807, 2.05) is 0 Å². The van der Waals surface area contributed by atoms with Gasteiger partial charge in [0.25, 0.3) is 21.8 Å². The van der Waals surface area contributed by atoms with E-state index in [0.717, 1.165) is 12.8 Å². The van der Waals surface area contributed by atoms with Crippen molar-refractivity contribution in [3.63, 3.8) is 0 Å². The molecule has 1 aliphatic heterocycles. The van der Waals surface area contributed by atoms with Crippen molar-refractivity contribution in [3.05, 3.63) is 88.9 Å². The number of ether oxygens (including phenoxy) is 1. The molecule has 2 amide bonds. The lowest BCUT2D eigenvalue weighted by molar-refractivity contribution is 0.0858. The van der Waals surface area contributed by atoms with Crippen molar-refractivity contribution in [2.24, 2.45) is 0 Å². The molecule has 1 unspecified atom stereocenters. The summed E-state index contributed by atoms with van der Waals surface area (Å²) in [7, 11) is -3.80. The van der Waals surface area contributed by atoms with Crippen LogP contribution in [0.3, 0.4) is 0 Å². The second-order valence-corrected chi connectivity index (χ2v) is 10.0. The Balaban J connectivity index is 1.45. The lowest BCUT2D eigenvalue weighted by Gasteiger charge is -2.14. The maximum atomic E-state index is 12.9. The van der Waals surface area contributed by atoms with Crippen LogP contribution in [0.25, 0.3) is 0 Å². The van der Waals surface area contributed by atoms with Gasteiger partial charge in [-0.2, -0.15) is 0 Å².